The number of aliphatic hydroxyl groups excluding tert-OH is 5. The van der Waals surface area contributed by atoms with Crippen molar-refractivity contribution in [2.24, 2.45) is 0 Å². The first-order valence-corrected chi connectivity index (χ1v) is 21.8. The van der Waals surface area contributed by atoms with Crippen molar-refractivity contribution in [3.63, 3.8) is 0 Å². The fraction of sp³-hybridized carbons (Fsp3) is 0.825. The summed E-state index contributed by atoms with van der Waals surface area (Å²) >= 11 is 0. The number of unbranched alkanes of at least 4 members (excludes halogenated alkanes) is 15. The molecule has 12 nitrogen and oxygen atoms in total. The van der Waals surface area contributed by atoms with Crippen LogP contribution in [-0.4, -0.2) is 98.9 Å². The minimum Gasteiger partial charge on any atom is -0.457 e. The molecule has 53 heavy (non-hydrogen) atoms. The predicted molar refractivity (Wildman–Crippen MR) is 207 cm³/mol. The van der Waals surface area contributed by atoms with E-state index in [0.29, 0.717) is 13.0 Å². The molecule has 0 aromatic rings. The summed E-state index contributed by atoms with van der Waals surface area (Å²) in [5.74, 6) is -0.489. The van der Waals surface area contributed by atoms with Gasteiger partial charge in [-0.05, 0) is 44.9 Å². The van der Waals surface area contributed by atoms with E-state index < -0.39 is 63.1 Å². The van der Waals surface area contributed by atoms with Crippen LogP contribution in [0.4, 0.5) is 0 Å². The Morgan fingerprint density at radius 2 is 1.11 bits per heavy atom. The van der Waals surface area contributed by atoms with Crippen molar-refractivity contribution >= 4 is 13.8 Å². The third-order valence-electron chi connectivity index (χ3n) is 9.28. The number of hydrogen-bond donors (Lipinski definition) is 6. The van der Waals surface area contributed by atoms with Gasteiger partial charge in [-0.15, -0.1) is 0 Å². The second-order valence-electron chi connectivity index (χ2n) is 14.1. The van der Waals surface area contributed by atoms with Gasteiger partial charge in [0, 0.05) is 13.0 Å². The molecule has 6 atom stereocenters. The number of ether oxygens (including phenoxy) is 2. The summed E-state index contributed by atoms with van der Waals surface area (Å²) in [6.07, 6.45) is 22.3. The smallest absolute Gasteiger partial charge is 0.457 e. The molecule has 1 fully saturated rings. The first-order chi connectivity index (χ1) is 25.5. The van der Waals surface area contributed by atoms with Crippen molar-refractivity contribution in [1.29, 1.82) is 0 Å². The van der Waals surface area contributed by atoms with E-state index >= 15 is 0 Å². The molecule has 0 amide bonds. The van der Waals surface area contributed by atoms with Crippen molar-refractivity contribution in [1.82, 2.24) is 0 Å². The summed E-state index contributed by atoms with van der Waals surface area (Å²) in [6.45, 7) is 4.09. The van der Waals surface area contributed by atoms with E-state index in [1.165, 1.54) is 44.9 Å². The van der Waals surface area contributed by atoms with Crippen LogP contribution in [0.1, 0.15) is 149 Å². The number of allylic oxidation sites excluding steroid dienone is 6. The number of rotatable bonds is 33. The van der Waals surface area contributed by atoms with Gasteiger partial charge in [-0.3, -0.25) is 13.8 Å². The van der Waals surface area contributed by atoms with Crippen LogP contribution in [0.5, 0.6) is 0 Å². The molecule has 0 aromatic heterocycles. The van der Waals surface area contributed by atoms with Crippen molar-refractivity contribution in [2.45, 2.75) is 191 Å². The summed E-state index contributed by atoms with van der Waals surface area (Å²) in [5.41, 5.74) is 0. The maximum absolute atomic E-state index is 12.7. The van der Waals surface area contributed by atoms with Gasteiger partial charge in [-0.25, -0.2) is 4.57 Å². The molecule has 6 N–H and O–H groups in total. The molecular weight excluding hydrogens is 703 g/mol. The summed E-state index contributed by atoms with van der Waals surface area (Å²) in [5, 5.41) is 50.0. The first-order valence-electron chi connectivity index (χ1n) is 20.3. The zero-order valence-corrected chi connectivity index (χ0v) is 33.5. The molecule has 310 valence electrons. The van der Waals surface area contributed by atoms with Crippen LogP contribution in [0.2, 0.25) is 0 Å². The zero-order chi connectivity index (χ0) is 39.2. The molecule has 0 radical (unpaired) electrons. The molecule has 0 heterocycles. The molecule has 1 saturated carbocycles. The Labute approximate surface area is 319 Å². The van der Waals surface area contributed by atoms with Crippen LogP contribution < -0.4 is 0 Å². The van der Waals surface area contributed by atoms with E-state index in [1.807, 2.05) is 0 Å². The van der Waals surface area contributed by atoms with E-state index in [-0.39, 0.29) is 13.0 Å². The number of aliphatic hydroxyl groups is 5. The second-order valence-corrected chi connectivity index (χ2v) is 15.5. The van der Waals surface area contributed by atoms with Crippen LogP contribution in [0, 0.1) is 0 Å². The van der Waals surface area contributed by atoms with Crippen molar-refractivity contribution in [3.8, 4) is 0 Å². The highest BCUT2D eigenvalue weighted by Gasteiger charge is 2.51. The first kappa shape index (κ1) is 49.6. The Morgan fingerprint density at radius 3 is 1.70 bits per heavy atom. The summed E-state index contributed by atoms with van der Waals surface area (Å²) < 4.78 is 34.0. The number of phosphoric ester groups is 1. The zero-order valence-electron chi connectivity index (χ0n) is 32.6. The Balaban J connectivity index is 2.43. The van der Waals surface area contributed by atoms with Gasteiger partial charge >= 0.3 is 13.8 Å². The Morgan fingerprint density at radius 1 is 0.623 bits per heavy atom. The van der Waals surface area contributed by atoms with Gasteiger partial charge in [0.1, 0.15) is 42.7 Å². The molecule has 0 aliphatic heterocycles. The lowest BCUT2D eigenvalue weighted by atomic mass is 9.85. The number of esters is 1. The SMILES string of the molecule is CC/C=C\C/C=C\C/C=C\CCCCCCCCCC(=O)OC(COCCCCCCCCCCC)COP(=O)(O)OC1C(O)C(O)C(O)C(O)C1O. The van der Waals surface area contributed by atoms with Gasteiger partial charge in [-0.1, -0.05) is 134 Å². The van der Waals surface area contributed by atoms with Crippen LogP contribution in [-0.2, 0) is 27.9 Å². The van der Waals surface area contributed by atoms with Gasteiger partial charge in [-0.2, -0.15) is 0 Å². The summed E-state index contributed by atoms with van der Waals surface area (Å²) in [4.78, 5) is 23.0. The molecular formula is C40H73O12P. The number of carbonyl (C=O) groups is 1. The fourth-order valence-corrected chi connectivity index (χ4v) is 6.99. The van der Waals surface area contributed by atoms with Crippen LogP contribution in [0.25, 0.3) is 0 Å². The largest absolute Gasteiger partial charge is 0.472 e. The Kier molecular flexibility index (Phi) is 29.7. The number of hydrogen-bond acceptors (Lipinski definition) is 11. The molecule has 0 saturated heterocycles. The highest BCUT2D eigenvalue weighted by Crippen LogP contribution is 2.47. The van der Waals surface area contributed by atoms with Gasteiger partial charge in [0.15, 0.2) is 0 Å². The fourth-order valence-electron chi connectivity index (χ4n) is 6.02. The minimum atomic E-state index is -5.01. The van der Waals surface area contributed by atoms with Gasteiger partial charge in [0.05, 0.1) is 13.2 Å². The maximum atomic E-state index is 12.7. The molecule has 0 bridgehead atoms. The lowest BCUT2D eigenvalue weighted by molar-refractivity contribution is -0.220. The minimum absolute atomic E-state index is 0.0798. The summed E-state index contributed by atoms with van der Waals surface area (Å²) in [7, 11) is -5.01. The van der Waals surface area contributed by atoms with Crippen molar-refractivity contribution < 1.29 is 58.3 Å². The molecule has 1 rings (SSSR count). The molecule has 0 aromatic carbocycles. The predicted octanol–water partition coefficient (Wildman–Crippen LogP) is 7.14. The average molecular weight is 777 g/mol. The molecule has 13 heteroatoms. The van der Waals surface area contributed by atoms with E-state index in [1.54, 1.807) is 0 Å². The van der Waals surface area contributed by atoms with Crippen molar-refractivity contribution in [2.75, 3.05) is 19.8 Å². The lowest BCUT2D eigenvalue weighted by Crippen LogP contribution is -2.64. The molecule has 1 aliphatic carbocycles. The quantitative estimate of drug-likeness (QED) is 0.0171. The van der Waals surface area contributed by atoms with Gasteiger partial charge < -0.3 is 39.9 Å². The van der Waals surface area contributed by atoms with Crippen LogP contribution in [0.3, 0.4) is 0 Å². The van der Waals surface area contributed by atoms with E-state index in [4.69, 9.17) is 18.5 Å². The Hall–Kier alpha value is -1.44. The second kappa shape index (κ2) is 31.7. The monoisotopic (exact) mass is 776 g/mol. The average Bonchev–Trinajstić information content (AvgIpc) is 3.14. The van der Waals surface area contributed by atoms with Crippen LogP contribution >= 0.6 is 7.82 Å². The van der Waals surface area contributed by atoms with E-state index in [2.05, 4.69) is 50.3 Å². The lowest BCUT2D eigenvalue weighted by Gasteiger charge is -2.41. The highest BCUT2D eigenvalue weighted by molar-refractivity contribution is 7.47. The third kappa shape index (κ3) is 24.6. The van der Waals surface area contributed by atoms with E-state index in [9.17, 15) is 39.8 Å². The van der Waals surface area contributed by atoms with Crippen LogP contribution in [0.15, 0.2) is 36.5 Å². The standard InChI is InChI=1S/C40H73O12P/c1-3-5-7-9-11-13-14-15-16-17-18-19-20-21-23-25-27-29-34(41)51-33(31-49-30-28-26-24-22-12-10-8-6-4-2)32-50-53(47,48)52-40-38(45)36(43)35(42)37(44)39(40)46/h5,7,11,13,15-16,33,35-40,42-46H,3-4,6,8-10,12,14,17-32H2,1-2H3,(H,47,48)/b7-5-,13-11-,16-15-. The van der Waals surface area contributed by atoms with Crippen molar-refractivity contribution in [3.05, 3.63) is 36.5 Å². The third-order valence-corrected chi connectivity index (χ3v) is 10.3. The van der Waals surface area contributed by atoms with Gasteiger partial charge in [0.2, 0.25) is 0 Å². The molecule has 6 unspecified atom stereocenters. The highest BCUT2D eigenvalue weighted by atomic mass is 31.2. The maximum Gasteiger partial charge on any atom is 0.472 e. The number of carbonyl (C=O) groups excluding carboxylic acids is 1. The molecule has 1 aliphatic rings. The normalized spacial score (nSPS) is 24.0. The molecule has 0 spiro atoms. The van der Waals surface area contributed by atoms with E-state index in [0.717, 1.165) is 77.0 Å². The van der Waals surface area contributed by atoms with Gasteiger partial charge in [0.25, 0.3) is 0 Å². The topological polar surface area (TPSA) is 192 Å². The number of phosphoric acid groups is 1. The summed E-state index contributed by atoms with van der Waals surface area (Å²) in [6, 6.07) is 0. The Bertz CT molecular complexity index is 1020.